The standard InChI is InChI=1S/C19H22N4O3/c1-26-18(25)14-9-5-6-10-15(14)22-17(24)16-11-12-20-19(23-16)21-13-7-3-2-4-8-13/h5-6,9-13H,2-4,7-8H2,1H3,(H,22,24)(H,20,21,23). The third-order valence-corrected chi connectivity index (χ3v) is 4.41. The summed E-state index contributed by atoms with van der Waals surface area (Å²) in [5.74, 6) is -0.468. The van der Waals surface area contributed by atoms with Crippen LogP contribution in [0.15, 0.2) is 36.5 Å². The zero-order chi connectivity index (χ0) is 18.4. The Hall–Kier alpha value is -2.96. The molecule has 7 heteroatoms. The first-order valence-electron chi connectivity index (χ1n) is 8.75. The van der Waals surface area contributed by atoms with E-state index in [1.54, 1.807) is 36.5 Å². The molecular weight excluding hydrogens is 332 g/mol. The van der Waals surface area contributed by atoms with E-state index in [-0.39, 0.29) is 11.3 Å². The summed E-state index contributed by atoms with van der Waals surface area (Å²) in [6, 6.07) is 8.57. The molecule has 1 saturated carbocycles. The maximum atomic E-state index is 12.5. The van der Waals surface area contributed by atoms with Crippen molar-refractivity contribution in [2.75, 3.05) is 17.7 Å². The molecule has 0 atom stereocenters. The smallest absolute Gasteiger partial charge is 0.339 e. The number of nitrogens with zero attached hydrogens (tertiary/aromatic N) is 2. The van der Waals surface area contributed by atoms with E-state index in [2.05, 4.69) is 20.6 Å². The monoisotopic (exact) mass is 354 g/mol. The van der Waals surface area contributed by atoms with Crippen LogP contribution in [-0.4, -0.2) is 35.0 Å². The van der Waals surface area contributed by atoms with Gasteiger partial charge in [-0.15, -0.1) is 0 Å². The molecule has 3 rings (SSSR count). The second kappa shape index (κ2) is 8.42. The van der Waals surface area contributed by atoms with Gasteiger partial charge in [0, 0.05) is 12.2 Å². The molecule has 1 aromatic heterocycles. The molecule has 1 heterocycles. The minimum atomic E-state index is -0.511. The number of rotatable bonds is 5. The summed E-state index contributed by atoms with van der Waals surface area (Å²) in [6.45, 7) is 0. The van der Waals surface area contributed by atoms with Crippen LogP contribution in [0.4, 0.5) is 11.6 Å². The molecule has 2 aromatic rings. The molecule has 0 saturated heterocycles. The van der Waals surface area contributed by atoms with Gasteiger partial charge in [-0.1, -0.05) is 31.4 Å². The number of carbonyl (C=O) groups excluding carboxylic acids is 2. The van der Waals surface area contributed by atoms with Gasteiger partial charge in [0.05, 0.1) is 18.4 Å². The number of para-hydroxylation sites is 1. The van der Waals surface area contributed by atoms with E-state index in [9.17, 15) is 9.59 Å². The van der Waals surface area contributed by atoms with Crippen LogP contribution in [-0.2, 0) is 4.74 Å². The van der Waals surface area contributed by atoms with Gasteiger partial charge < -0.3 is 15.4 Å². The van der Waals surface area contributed by atoms with Gasteiger partial charge in [-0.3, -0.25) is 4.79 Å². The highest BCUT2D eigenvalue weighted by Gasteiger charge is 2.17. The molecule has 0 spiro atoms. The van der Waals surface area contributed by atoms with Crippen molar-refractivity contribution < 1.29 is 14.3 Å². The summed E-state index contributed by atoms with van der Waals surface area (Å²) in [5.41, 5.74) is 0.903. The maximum Gasteiger partial charge on any atom is 0.339 e. The molecule has 1 amide bonds. The van der Waals surface area contributed by atoms with E-state index in [0.29, 0.717) is 17.7 Å². The number of nitrogens with one attached hydrogen (secondary N) is 2. The van der Waals surface area contributed by atoms with Crippen molar-refractivity contribution in [1.82, 2.24) is 9.97 Å². The second-order valence-electron chi connectivity index (χ2n) is 6.24. The Balaban J connectivity index is 1.72. The number of anilines is 2. The van der Waals surface area contributed by atoms with Crippen molar-refractivity contribution in [2.24, 2.45) is 0 Å². The average Bonchev–Trinajstić information content (AvgIpc) is 2.69. The summed E-state index contributed by atoms with van der Waals surface area (Å²) in [7, 11) is 1.30. The fourth-order valence-electron chi connectivity index (χ4n) is 3.05. The Morgan fingerprint density at radius 2 is 1.88 bits per heavy atom. The number of methoxy groups -OCH3 is 1. The molecular formula is C19H22N4O3. The Kier molecular flexibility index (Phi) is 5.78. The predicted molar refractivity (Wildman–Crippen MR) is 98.3 cm³/mol. The van der Waals surface area contributed by atoms with Crippen molar-refractivity contribution in [3.63, 3.8) is 0 Å². The molecule has 7 nitrogen and oxygen atoms in total. The molecule has 136 valence electrons. The molecule has 1 aromatic carbocycles. The van der Waals surface area contributed by atoms with Gasteiger partial charge in [-0.2, -0.15) is 0 Å². The van der Waals surface area contributed by atoms with E-state index < -0.39 is 11.9 Å². The quantitative estimate of drug-likeness (QED) is 0.801. The van der Waals surface area contributed by atoms with Crippen LogP contribution >= 0.6 is 0 Å². The summed E-state index contributed by atoms with van der Waals surface area (Å²) in [6.07, 6.45) is 7.39. The lowest BCUT2D eigenvalue weighted by Crippen LogP contribution is -2.24. The molecule has 1 aliphatic carbocycles. The van der Waals surface area contributed by atoms with Crippen LogP contribution in [0.5, 0.6) is 0 Å². The number of hydrogen-bond donors (Lipinski definition) is 2. The van der Waals surface area contributed by atoms with Crippen molar-refractivity contribution >= 4 is 23.5 Å². The van der Waals surface area contributed by atoms with E-state index in [0.717, 1.165) is 12.8 Å². The van der Waals surface area contributed by atoms with Gasteiger partial charge >= 0.3 is 5.97 Å². The molecule has 1 aliphatic rings. The summed E-state index contributed by atoms with van der Waals surface area (Å²) in [4.78, 5) is 32.9. The molecule has 0 radical (unpaired) electrons. The summed E-state index contributed by atoms with van der Waals surface area (Å²) >= 11 is 0. The van der Waals surface area contributed by atoms with E-state index in [4.69, 9.17) is 4.74 Å². The van der Waals surface area contributed by atoms with Crippen LogP contribution in [0.25, 0.3) is 0 Å². The number of esters is 1. The maximum absolute atomic E-state index is 12.5. The SMILES string of the molecule is COC(=O)c1ccccc1NC(=O)c1ccnc(NC2CCCCC2)n1. The first-order chi connectivity index (χ1) is 12.7. The van der Waals surface area contributed by atoms with Gasteiger partial charge in [0.2, 0.25) is 5.95 Å². The lowest BCUT2D eigenvalue weighted by Gasteiger charge is -2.22. The summed E-state index contributed by atoms with van der Waals surface area (Å²) in [5, 5.41) is 6.02. The Morgan fingerprint density at radius 3 is 2.65 bits per heavy atom. The minimum absolute atomic E-state index is 0.234. The third kappa shape index (κ3) is 4.36. The minimum Gasteiger partial charge on any atom is -0.465 e. The first kappa shape index (κ1) is 17.8. The Labute approximate surface area is 152 Å². The van der Waals surface area contributed by atoms with Gasteiger partial charge in [0.1, 0.15) is 5.69 Å². The lowest BCUT2D eigenvalue weighted by molar-refractivity contribution is 0.0602. The molecule has 26 heavy (non-hydrogen) atoms. The number of ether oxygens (including phenoxy) is 1. The Morgan fingerprint density at radius 1 is 1.12 bits per heavy atom. The first-order valence-corrected chi connectivity index (χ1v) is 8.75. The fraction of sp³-hybridized carbons (Fsp3) is 0.368. The van der Waals surface area contributed by atoms with E-state index in [1.807, 2.05) is 0 Å². The highest BCUT2D eigenvalue weighted by Crippen LogP contribution is 2.20. The van der Waals surface area contributed by atoms with E-state index in [1.165, 1.54) is 26.4 Å². The molecule has 1 fully saturated rings. The number of aromatic nitrogens is 2. The molecule has 0 bridgehead atoms. The highest BCUT2D eigenvalue weighted by atomic mass is 16.5. The van der Waals surface area contributed by atoms with Crippen molar-refractivity contribution in [3.8, 4) is 0 Å². The summed E-state index contributed by atoms with van der Waals surface area (Å²) < 4.78 is 4.74. The highest BCUT2D eigenvalue weighted by molar-refractivity contribution is 6.07. The zero-order valence-corrected chi connectivity index (χ0v) is 14.7. The normalized spacial score (nSPS) is 14.5. The van der Waals surface area contributed by atoms with Crippen LogP contribution in [0, 0.1) is 0 Å². The predicted octanol–water partition coefficient (Wildman–Crippen LogP) is 3.26. The van der Waals surface area contributed by atoms with Crippen LogP contribution in [0.3, 0.4) is 0 Å². The van der Waals surface area contributed by atoms with Gasteiger partial charge in [0.25, 0.3) is 5.91 Å². The second-order valence-corrected chi connectivity index (χ2v) is 6.24. The van der Waals surface area contributed by atoms with Crippen molar-refractivity contribution in [2.45, 2.75) is 38.1 Å². The molecule has 0 aliphatic heterocycles. The van der Waals surface area contributed by atoms with Crippen LogP contribution in [0.2, 0.25) is 0 Å². The topological polar surface area (TPSA) is 93.2 Å². The molecule has 2 N–H and O–H groups in total. The Bertz CT molecular complexity index is 788. The van der Waals surface area contributed by atoms with Crippen LogP contribution in [0.1, 0.15) is 53.0 Å². The molecule has 0 unspecified atom stereocenters. The zero-order valence-electron chi connectivity index (χ0n) is 14.7. The third-order valence-electron chi connectivity index (χ3n) is 4.41. The van der Waals surface area contributed by atoms with Gasteiger partial charge in [-0.05, 0) is 31.0 Å². The van der Waals surface area contributed by atoms with E-state index >= 15 is 0 Å². The van der Waals surface area contributed by atoms with Crippen molar-refractivity contribution in [3.05, 3.63) is 47.8 Å². The number of amides is 1. The van der Waals surface area contributed by atoms with Crippen molar-refractivity contribution in [1.29, 1.82) is 0 Å². The van der Waals surface area contributed by atoms with Gasteiger partial charge in [-0.25, -0.2) is 14.8 Å². The van der Waals surface area contributed by atoms with Crippen LogP contribution < -0.4 is 10.6 Å². The fourth-order valence-corrected chi connectivity index (χ4v) is 3.05. The average molecular weight is 354 g/mol. The number of hydrogen-bond acceptors (Lipinski definition) is 6. The largest absolute Gasteiger partial charge is 0.465 e. The number of benzene rings is 1. The number of carbonyl (C=O) groups is 2. The van der Waals surface area contributed by atoms with Gasteiger partial charge in [0.15, 0.2) is 0 Å². The lowest BCUT2D eigenvalue weighted by atomic mass is 9.96.